The molecule has 0 aromatic heterocycles. The molecule has 1 aromatic rings. The number of benzene rings is 1. The first-order valence-corrected chi connectivity index (χ1v) is 6.54. The summed E-state index contributed by atoms with van der Waals surface area (Å²) in [6, 6.07) is 4.72. The van der Waals surface area contributed by atoms with Crippen LogP contribution >= 0.6 is 11.6 Å². The molecule has 0 aliphatic carbocycles. The average molecular weight is 272 g/mol. The van der Waals surface area contributed by atoms with Gasteiger partial charge in [-0.1, -0.05) is 19.9 Å². The summed E-state index contributed by atoms with van der Waals surface area (Å²) >= 11 is 5.71. The predicted octanol–water partition coefficient (Wildman–Crippen LogP) is 4.15. The van der Waals surface area contributed by atoms with Crippen molar-refractivity contribution >= 4 is 17.3 Å². The van der Waals surface area contributed by atoms with Crippen LogP contribution in [-0.2, 0) is 5.88 Å². The number of nitrogens with zero attached hydrogens (tertiary/aromatic N) is 1. The van der Waals surface area contributed by atoms with Gasteiger partial charge in [0.1, 0.15) is 0 Å². The second kappa shape index (κ2) is 7.21. The Morgan fingerprint density at radius 2 is 2.17 bits per heavy atom. The highest BCUT2D eigenvalue weighted by Gasteiger charge is 2.15. The van der Waals surface area contributed by atoms with Crippen molar-refractivity contribution in [2.75, 3.05) is 6.61 Å². The lowest BCUT2D eigenvalue weighted by Crippen LogP contribution is -2.02. The minimum absolute atomic E-state index is 0.00610. The summed E-state index contributed by atoms with van der Waals surface area (Å²) < 4.78 is 5.49. The molecule has 0 aliphatic heterocycles. The van der Waals surface area contributed by atoms with Crippen molar-refractivity contribution in [3.8, 4) is 5.75 Å². The molecule has 0 atom stereocenters. The van der Waals surface area contributed by atoms with Crippen LogP contribution in [0.15, 0.2) is 18.2 Å². The molecule has 100 valence electrons. The van der Waals surface area contributed by atoms with Gasteiger partial charge in [0.25, 0.3) is 0 Å². The van der Waals surface area contributed by atoms with Crippen LogP contribution in [0.5, 0.6) is 5.75 Å². The average Bonchev–Trinajstić information content (AvgIpc) is 2.33. The van der Waals surface area contributed by atoms with Crippen LogP contribution in [0.3, 0.4) is 0 Å². The summed E-state index contributed by atoms with van der Waals surface area (Å²) in [6.07, 6.45) is 1.93. The van der Waals surface area contributed by atoms with Crippen LogP contribution in [0.2, 0.25) is 0 Å². The zero-order valence-corrected chi connectivity index (χ0v) is 11.4. The number of nitro benzene ring substituents is 1. The van der Waals surface area contributed by atoms with Crippen molar-refractivity contribution in [3.05, 3.63) is 33.9 Å². The fourth-order valence-electron chi connectivity index (χ4n) is 1.58. The molecule has 5 heteroatoms. The van der Waals surface area contributed by atoms with Gasteiger partial charge < -0.3 is 4.74 Å². The van der Waals surface area contributed by atoms with E-state index in [2.05, 4.69) is 13.8 Å². The quantitative estimate of drug-likeness (QED) is 0.324. The fourth-order valence-corrected chi connectivity index (χ4v) is 1.75. The van der Waals surface area contributed by atoms with Gasteiger partial charge in [-0.25, -0.2) is 0 Å². The van der Waals surface area contributed by atoms with Crippen molar-refractivity contribution in [3.63, 3.8) is 0 Å². The van der Waals surface area contributed by atoms with Gasteiger partial charge in [-0.2, -0.15) is 0 Å². The summed E-state index contributed by atoms with van der Waals surface area (Å²) in [6.45, 7) is 4.76. The van der Waals surface area contributed by atoms with Gasteiger partial charge in [0, 0.05) is 11.9 Å². The SMILES string of the molecule is CC(C)CCCOc1cc(CCl)ccc1[N+](=O)[O-]. The van der Waals surface area contributed by atoms with Crippen LogP contribution in [0.4, 0.5) is 5.69 Å². The van der Waals surface area contributed by atoms with E-state index in [4.69, 9.17) is 16.3 Å². The van der Waals surface area contributed by atoms with E-state index in [0.29, 0.717) is 24.2 Å². The molecular formula is C13H18ClNO3. The van der Waals surface area contributed by atoms with Gasteiger partial charge >= 0.3 is 5.69 Å². The Bertz CT molecular complexity index is 407. The Balaban J connectivity index is 2.69. The minimum atomic E-state index is -0.435. The Morgan fingerprint density at radius 3 is 2.72 bits per heavy atom. The maximum absolute atomic E-state index is 10.9. The summed E-state index contributed by atoms with van der Waals surface area (Å²) in [5.74, 6) is 1.24. The number of alkyl halides is 1. The summed E-state index contributed by atoms with van der Waals surface area (Å²) in [4.78, 5) is 10.4. The van der Waals surface area contributed by atoms with E-state index in [-0.39, 0.29) is 5.69 Å². The molecular weight excluding hydrogens is 254 g/mol. The first kappa shape index (κ1) is 14.8. The number of ether oxygens (including phenoxy) is 1. The van der Waals surface area contributed by atoms with Crippen molar-refractivity contribution in [1.82, 2.24) is 0 Å². The maximum atomic E-state index is 10.9. The molecule has 0 radical (unpaired) electrons. The zero-order valence-electron chi connectivity index (χ0n) is 10.7. The summed E-state index contributed by atoms with van der Waals surface area (Å²) in [5.41, 5.74) is 0.814. The first-order chi connectivity index (χ1) is 8.54. The monoisotopic (exact) mass is 271 g/mol. The highest BCUT2D eigenvalue weighted by molar-refractivity contribution is 6.17. The zero-order chi connectivity index (χ0) is 13.5. The highest BCUT2D eigenvalue weighted by Crippen LogP contribution is 2.28. The van der Waals surface area contributed by atoms with E-state index in [1.165, 1.54) is 6.07 Å². The molecule has 1 aromatic carbocycles. The molecule has 1 rings (SSSR count). The second-order valence-electron chi connectivity index (χ2n) is 4.58. The van der Waals surface area contributed by atoms with Gasteiger partial charge in [0.05, 0.1) is 11.5 Å². The standard InChI is InChI=1S/C13H18ClNO3/c1-10(2)4-3-7-18-13-8-11(9-14)5-6-12(13)15(16)17/h5-6,8,10H,3-4,7,9H2,1-2H3. The molecule has 0 aliphatic rings. The van der Waals surface area contributed by atoms with Gasteiger partial charge in [-0.3, -0.25) is 10.1 Å². The van der Waals surface area contributed by atoms with Crippen LogP contribution < -0.4 is 4.74 Å². The lowest BCUT2D eigenvalue weighted by Gasteiger charge is -2.09. The number of halogens is 1. The van der Waals surface area contributed by atoms with E-state index in [0.717, 1.165) is 18.4 Å². The normalized spacial score (nSPS) is 10.7. The minimum Gasteiger partial charge on any atom is -0.487 e. The lowest BCUT2D eigenvalue weighted by atomic mass is 10.1. The molecule has 0 bridgehead atoms. The fraction of sp³-hybridized carbons (Fsp3) is 0.538. The molecule has 0 fully saturated rings. The van der Waals surface area contributed by atoms with Crippen LogP contribution in [-0.4, -0.2) is 11.5 Å². The van der Waals surface area contributed by atoms with E-state index in [1.54, 1.807) is 12.1 Å². The topological polar surface area (TPSA) is 52.4 Å². The predicted molar refractivity (Wildman–Crippen MR) is 72.2 cm³/mol. The molecule has 0 amide bonds. The van der Waals surface area contributed by atoms with Crippen LogP contribution in [0.25, 0.3) is 0 Å². The van der Waals surface area contributed by atoms with Gasteiger partial charge in [0.15, 0.2) is 5.75 Å². The first-order valence-electron chi connectivity index (χ1n) is 6.00. The van der Waals surface area contributed by atoms with Gasteiger partial charge in [0.2, 0.25) is 0 Å². The number of hydrogen-bond donors (Lipinski definition) is 0. The maximum Gasteiger partial charge on any atom is 0.310 e. The smallest absolute Gasteiger partial charge is 0.310 e. The third kappa shape index (κ3) is 4.53. The lowest BCUT2D eigenvalue weighted by molar-refractivity contribution is -0.385. The number of hydrogen-bond acceptors (Lipinski definition) is 3. The van der Waals surface area contributed by atoms with Crippen molar-refractivity contribution in [2.24, 2.45) is 5.92 Å². The van der Waals surface area contributed by atoms with Crippen molar-refractivity contribution < 1.29 is 9.66 Å². The molecule has 4 nitrogen and oxygen atoms in total. The highest BCUT2D eigenvalue weighted by atomic mass is 35.5. The largest absolute Gasteiger partial charge is 0.487 e. The Hall–Kier alpha value is -1.29. The third-order valence-corrected chi connectivity index (χ3v) is 2.87. The number of nitro groups is 1. The second-order valence-corrected chi connectivity index (χ2v) is 4.84. The molecule has 0 saturated carbocycles. The molecule has 0 saturated heterocycles. The van der Waals surface area contributed by atoms with Crippen LogP contribution in [0, 0.1) is 16.0 Å². The van der Waals surface area contributed by atoms with Crippen molar-refractivity contribution in [2.45, 2.75) is 32.6 Å². The van der Waals surface area contributed by atoms with E-state index < -0.39 is 4.92 Å². The molecule has 0 unspecified atom stereocenters. The third-order valence-electron chi connectivity index (χ3n) is 2.56. The summed E-state index contributed by atoms with van der Waals surface area (Å²) in [5, 5.41) is 10.9. The molecule has 0 heterocycles. The van der Waals surface area contributed by atoms with E-state index >= 15 is 0 Å². The van der Waals surface area contributed by atoms with E-state index in [1.807, 2.05) is 0 Å². The summed E-state index contributed by atoms with van der Waals surface area (Å²) in [7, 11) is 0. The Labute approximate surface area is 112 Å². The number of rotatable bonds is 7. The molecule has 0 spiro atoms. The molecule has 18 heavy (non-hydrogen) atoms. The Morgan fingerprint density at radius 1 is 1.44 bits per heavy atom. The molecule has 0 N–H and O–H groups in total. The van der Waals surface area contributed by atoms with E-state index in [9.17, 15) is 10.1 Å². The van der Waals surface area contributed by atoms with Gasteiger partial charge in [-0.15, -0.1) is 11.6 Å². The van der Waals surface area contributed by atoms with Crippen LogP contribution in [0.1, 0.15) is 32.3 Å². The Kier molecular flexibility index (Phi) is 5.92. The van der Waals surface area contributed by atoms with Crippen molar-refractivity contribution in [1.29, 1.82) is 0 Å². The van der Waals surface area contributed by atoms with Gasteiger partial charge in [-0.05, 0) is 30.4 Å².